The first-order valence-corrected chi connectivity index (χ1v) is 7.82. The molecule has 1 aliphatic carbocycles. The van der Waals surface area contributed by atoms with Crippen molar-refractivity contribution >= 4 is 11.9 Å². The predicted octanol–water partition coefficient (Wildman–Crippen LogP) is 2.91. The van der Waals surface area contributed by atoms with E-state index in [1.165, 1.54) is 0 Å². The van der Waals surface area contributed by atoms with Gasteiger partial charge in [0.1, 0.15) is 6.04 Å². The molecule has 3 atom stereocenters. The standard InChI is InChI=1S/C16H27NO3/c1-16(2,3)9-5-8-13(18)17-10-11-6-4-7-12(11)14(17)15(19)20/h11-12,14H,4-10H2,1-3H3,(H,19,20). The van der Waals surface area contributed by atoms with E-state index in [4.69, 9.17) is 0 Å². The van der Waals surface area contributed by atoms with Crippen LogP contribution in [0.1, 0.15) is 59.3 Å². The molecule has 1 saturated heterocycles. The largest absolute Gasteiger partial charge is 0.480 e. The number of fused-ring (bicyclic) bond motifs is 1. The number of hydrogen-bond donors (Lipinski definition) is 1. The number of aliphatic carboxylic acids is 1. The van der Waals surface area contributed by atoms with Crippen LogP contribution in [0.4, 0.5) is 0 Å². The molecule has 114 valence electrons. The van der Waals surface area contributed by atoms with Crippen LogP contribution < -0.4 is 0 Å². The number of likely N-dealkylation sites (tertiary alicyclic amines) is 1. The molecule has 2 fully saturated rings. The van der Waals surface area contributed by atoms with Gasteiger partial charge in [0, 0.05) is 13.0 Å². The third kappa shape index (κ3) is 3.33. The van der Waals surface area contributed by atoms with Gasteiger partial charge in [0.15, 0.2) is 0 Å². The molecule has 1 saturated carbocycles. The van der Waals surface area contributed by atoms with Crippen molar-refractivity contribution in [2.75, 3.05) is 6.54 Å². The van der Waals surface area contributed by atoms with Crippen molar-refractivity contribution in [1.29, 1.82) is 0 Å². The monoisotopic (exact) mass is 281 g/mol. The Morgan fingerprint density at radius 3 is 2.55 bits per heavy atom. The van der Waals surface area contributed by atoms with E-state index in [0.717, 1.165) is 32.1 Å². The van der Waals surface area contributed by atoms with E-state index in [1.54, 1.807) is 4.90 Å². The zero-order chi connectivity index (χ0) is 14.9. The predicted molar refractivity (Wildman–Crippen MR) is 77.3 cm³/mol. The highest BCUT2D eigenvalue weighted by Gasteiger charge is 2.49. The quantitative estimate of drug-likeness (QED) is 0.862. The molecule has 1 N–H and O–H groups in total. The first-order chi connectivity index (χ1) is 9.29. The third-order valence-electron chi connectivity index (χ3n) is 4.78. The topological polar surface area (TPSA) is 57.6 Å². The highest BCUT2D eigenvalue weighted by molar-refractivity contribution is 5.84. The molecular weight excluding hydrogens is 254 g/mol. The van der Waals surface area contributed by atoms with Gasteiger partial charge in [-0.15, -0.1) is 0 Å². The van der Waals surface area contributed by atoms with Crippen LogP contribution in [-0.2, 0) is 9.59 Å². The van der Waals surface area contributed by atoms with Crippen LogP contribution in [0.3, 0.4) is 0 Å². The SMILES string of the molecule is CC(C)(C)CCCC(=O)N1CC2CCCC2C1C(=O)O. The molecule has 4 heteroatoms. The van der Waals surface area contributed by atoms with Gasteiger partial charge in [0.25, 0.3) is 0 Å². The molecule has 1 amide bonds. The lowest BCUT2D eigenvalue weighted by Gasteiger charge is -2.25. The molecule has 1 aliphatic heterocycles. The summed E-state index contributed by atoms with van der Waals surface area (Å²) in [5.74, 6) is -0.165. The summed E-state index contributed by atoms with van der Waals surface area (Å²) in [5.41, 5.74) is 0.230. The van der Waals surface area contributed by atoms with Crippen LogP contribution in [0.5, 0.6) is 0 Å². The number of amides is 1. The number of rotatable bonds is 4. The maximum absolute atomic E-state index is 12.3. The maximum atomic E-state index is 12.3. The highest BCUT2D eigenvalue weighted by Crippen LogP contribution is 2.42. The molecule has 1 heterocycles. The summed E-state index contributed by atoms with van der Waals surface area (Å²) in [6.45, 7) is 7.16. The highest BCUT2D eigenvalue weighted by atomic mass is 16.4. The fourth-order valence-electron chi connectivity index (χ4n) is 3.79. The van der Waals surface area contributed by atoms with Crippen molar-refractivity contribution < 1.29 is 14.7 Å². The lowest BCUT2D eigenvalue weighted by Crippen LogP contribution is -2.43. The molecule has 0 aromatic carbocycles. The molecule has 4 nitrogen and oxygen atoms in total. The summed E-state index contributed by atoms with van der Waals surface area (Å²) < 4.78 is 0. The van der Waals surface area contributed by atoms with Crippen molar-refractivity contribution in [3.05, 3.63) is 0 Å². The average Bonchev–Trinajstić information content (AvgIpc) is 2.84. The molecule has 0 aromatic heterocycles. The lowest BCUT2D eigenvalue weighted by molar-refractivity contribution is -0.149. The Labute approximate surface area is 121 Å². The van der Waals surface area contributed by atoms with Gasteiger partial charge in [-0.05, 0) is 42.9 Å². The second-order valence-electron chi connectivity index (χ2n) is 7.60. The minimum Gasteiger partial charge on any atom is -0.480 e. The number of hydrogen-bond acceptors (Lipinski definition) is 2. The molecule has 20 heavy (non-hydrogen) atoms. The Kier molecular flexibility index (Phi) is 4.40. The van der Waals surface area contributed by atoms with Gasteiger partial charge in [-0.2, -0.15) is 0 Å². The van der Waals surface area contributed by atoms with Crippen molar-refractivity contribution in [2.24, 2.45) is 17.3 Å². The number of carboxylic acids is 1. The van der Waals surface area contributed by atoms with E-state index >= 15 is 0 Å². The fraction of sp³-hybridized carbons (Fsp3) is 0.875. The van der Waals surface area contributed by atoms with E-state index in [-0.39, 0.29) is 17.2 Å². The van der Waals surface area contributed by atoms with Crippen molar-refractivity contribution in [3.63, 3.8) is 0 Å². The van der Waals surface area contributed by atoms with Crippen molar-refractivity contribution in [1.82, 2.24) is 4.90 Å². The van der Waals surface area contributed by atoms with E-state index in [0.29, 0.717) is 18.9 Å². The Bertz CT molecular complexity index is 386. The van der Waals surface area contributed by atoms with Crippen LogP contribution in [0.25, 0.3) is 0 Å². The van der Waals surface area contributed by atoms with Gasteiger partial charge in [0.05, 0.1) is 0 Å². The second-order valence-corrected chi connectivity index (χ2v) is 7.60. The smallest absolute Gasteiger partial charge is 0.326 e. The molecular formula is C16H27NO3. The minimum absolute atomic E-state index is 0.0380. The third-order valence-corrected chi connectivity index (χ3v) is 4.78. The van der Waals surface area contributed by atoms with Gasteiger partial charge in [0.2, 0.25) is 5.91 Å². The van der Waals surface area contributed by atoms with Crippen molar-refractivity contribution in [3.8, 4) is 0 Å². The van der Waals surface area contributed by atoms with Crippen LogP contribution in [-0.4, -0.2) is 34.5 Å². The van der Waals surface area contributed by atoms with E-state index in [9.17, 15) is 14.7 Å². The number of nitrogens with zero attached hydrogens (tertiary/aromatic N) is 1. The number of carboxylic acid groups (broad SMARTS) is 1. The second kappa shape index (κ2) is 5.74. The van der Waals surface area contributed by atoms with E-state index < -0.39 is 12.0 Å². The normalized spacial score (nSPS) is 29.6. The van der Waals surface area contributed by atoms with Crippen LogP contribution in [0.2, 0.25) is 0 Å². The Hall–Kier alpha value is -1.06. The molecule has 0 radical (unpaired) electrons. The van der Waals surface area contributed by atoms with Crippen molar-refractivity contribution in [2.45, 2.75) is 65.3 Å². The van der Waals surface area contributed by atoms with Gasteiger partial charge in [-0.25, -0.2) is 4.79 Å². The number of carbonyl (C=O) groups excluding carboxylic acids is 1. The van der Waals surface area contributed by atoms with Gasteiger partial charge in [-0.3, -0.25) is 4.79 Å². The minimum atomic E-state index is -0.816. The molecule has 0 spiro atoms. The van der Waals surface area contributed by atoms with Crippen LogP contribution in [0.15, 0.2) is 0 Å². The van der Waals surface area contributed by atoms with E-state index in [2.05, 4.69) is 20.8 Å². The molecule has 2 aliphatic rings. The Morgan fingerprint density at radius 1 is 1.25 bits per heavy atom. The average molecular weight is 281 g/mol. The summed E-state index contributed by atoms with van der Waals surface area (Å²) in [6.07, 6.45) is 5.50. The molecule has 0 aromatic rings. The molecule has 3 unspecified atom stereocenters. The lowest BCUT2D eigenvalue weighted by atomic mass is 9.90. The first-order valence-electron chi connectivity index (χ1n) is 7.82. The summed E-state index contributed by atoms with van der Waals surface area (Å²) in [7, 11) is 0. The fourth-order valence-corrected chi connectivity index (χ4v) is 3.79. The van der Waals surface area contributed by atoms with Crippen LogP contribution >= 0.6 is 0 Å². The first kappa shape index (κ1) is 15.3. The zero-order valence-electron chi connectivity index (χ0n) is 12.9. The molecule has 0 bridgehead atoms. The summed E-state index contributed by atoms with van der Waals surface area (Å²) in [4.78, 5) is 25.5. The van der Waals surface area contributed by atoms with Gasteiger partial charge >= 0.3 is 5.97 Å². The Morgan fingerprint density at radius 2 is 1.95 bits per heavy atom. The summed E-state index contributed by atoms with van der Waals surface area (Å²) in [6, 6.07) is -0.565. The number of carbonyl (C=O) groups is 2. The summed E-state index contributed by atoms with van der Waals surface area (Å²) >= 11 is 0. The molecule has 2 rings (SSSR count). The Balaban J connectivity index is 1.93. The maximum Gasteiger partial charge on any atom is 0.326 e. The van der Waals surface area contributed by atoms with Gasteiger partial charge < -0.3 is 10.0 Å². The zero-order valence-corrected chi connectivity index (χ0v) is 12.9. The van der Waals surface area contributed by atoms with E-state index in [1.807, 2.05) is 0 Å². The van der Waals surface area contributed by atoms with Crippen LogP contribution in [0, 0.1) is 17.3 Å². The summed E-state index contributed by atoms with van der Waals surface area (Å²) in [5, 5.41) is 9.44. The van der Waals surface area contributed by atoms with Gasteiger partial charge in [-0.1, -0.05) is 27.2 Å².